The third-order valence-corrected chi connectivity index (χ3v) is 4.31. The van der Waals surface area contributed by atoms with E-state index in [1.54, 1.807) is 36.4 Å². The van der Waals surface area contributed by atoms with Crippen molar-refractivity contribution in [1.82, 2.24) is 0 Å². The van der Waals surface area contributed by atoms with Crippen LogP contribution < -0.4 is 9.47 Å². The fraction of sp³-hybridized carbons (Fsp3) is 0.160. The van der Waals surface area contributed by atoms with Crippen molar-refractivity contribution in [3.05, 3.63) is 97.1 Å². The summed E-state index contributed by atoms with van der Waals surface area (Å²) in [7, 11) is 0. The highest BCUT2D eigenvalue weighted by Gasteiger charge is 2.09. The van der Waals surface area contributed by atoms with Gasteiger partial charge in [-0.25, -0.2) is 4.79 Å². The summed E-state index contributed by atoms with van der Waals surface area (Å²) < 4.78 is 16.1. The molecule has 0 saturated carbocycles. The van der Waals surface area contributed by atoms with Crippen molar-refractivity contribution in [2.75, 3.05) is 13.2 Å². The predicted molar refractivity (Wildman–Crippen MR) is 116 cm³/mol. The highest BCUT2D eigenvalue weighted by atomic mass is 16.6. The molecule has 3 aromatic carbocycles. The van der Waals surface area contributed by atoms with Gasteiger partial charge in [0.1, 0.15) is 11.5 Å². The molecular weight excluding hydrogens is 380 g/mol. The molecule has 30 heavy (non-hydrogen) atoms. The van der Waals surface area contributed by atoms with Gasteiger partial charge >= 0.3 is 5.97 Å². The number of carbonyl (C=O) groups excluding carboxylic acids is 1. The SMILES string of the molecule is C=CC(O)OCCCOc1ccc(C(=O)Oc2ccc(-c3ccccc3)cc2)cc1. The fourth-order valence-corrected chi connectivity index (χ4v) is 2.72. The molecular formula is C25H24O5. The molecule has 1 unspecified atom stereocenters. The third-order valence-electron chi connectivity index (χ3n) is 4.31. The monoisotopic (exact) mass is 404 g/mol. The number of aliphatic hydroxyl groups is 1. The van der Waals surface area contributed by atoms with Crippen molar-refractivity contribution < 1.29 is 24.1 Å². The molecule has 5 heteroatoms. The maximum Gasteiger partial charge on any atom is 0.343 e. The molecule has 0 aromatic heterocycles. The Hall–Kier alpha value is -3.41. The molecule has 0 radical (unpaired) electrons. The van der Waals surface area contributed by atoms with Gasteiger partial charge in [0.15, 0.2) is 6.29 Å². The van der Waals surface area contributed by atoms with E-state index in [0.29, 0.717) is 36.7 Å². The topological polar surface area (TPSA) is 65.0 Å². The lowest BCUT2D eigenvalue weighted by atomic mass is 10.1. The molecule has 3 aromatic rings. The summed E-state index contributed by atoms with van der Waals surface area (Å²) in [4.78, 5) is 12.4. The molecule has 154 valence electrons. The van der Waals surface area contributed by atoms with Crippen LogP contribution in [0.1, 0.15) is 16.8 Å². The van der Waals surface area contributed by atoms with Crippen molar-refractivity contribution in [1.29, 1.82) is 0 Å². The average Bonchev–Trinajstić information content (AvgIpc) is 2.80. The zero-order chi connectivity index (χ0) is 21.2. The first kappa shape index (κ1) is 21.3. The second-order valence-corrected chi connectivity index (χ2v) is 6.50. The summed E-state index contributed by atoms with van der Waals surface area (Å²) >= 11 is 0. The van der Waals surface area contributed by atoms with Crippen LogP contribution in [-0.2, 0) is 4.74 Å². The van der Waals surface area contributed by atoms with E-state index in [1.165, 1.54) is 6.08 Å². The molecule has 0 spiro atoms. The summed E-state index contributed by atoms with van der Waals surface area (Å²) in [5.41, 5.74) is 2.60. The van der Waals surface area contributed by atoms with E-state index in [9.17, 15) is 9.90 Å². The number of benzene rings is 3. The van der Waals surface area contributed by atoms with Gasteiger partial charge in [-0.15, -0.1) is 0 Å². The average molecular weight is 404 g/mol. The Morgan fingerprint density at radius 1 is 0.867 bits per heavy atom. The molecule has 0 saturated heterocycles. The fourth-order valence-electron chi connectivity index (χ4n) is 2.72. The van der Waals surface area contributed by atoms with Crippen LogP contribution in [0.15, 0.2) is 91.5 Å². The highest BCUT2D eigenvalue weighted by Crippen LogP contribution is 2.23. The third kappa shape index (κ3) is 6.30. The first-order valence-corrected chi connectivity index (χ1v) is 9.68. The van der Waals surface area contributed by atoms with Crippen molar-refractivity contribution >= 4 is 5.97 Å². The molecule has 0 aliphatic heterocycles. The zero-order valence-electron chi connectivity index (χ0n) is 16.6. The van der Waals surface area contributed by atoms with Gasteiger partial charge in [-0.2, -0.15) is 0 Å². The predicted octanol–water partition coefficient (Wildman–Crippen LogP) is 4.86. The lowest BCUT2D eigenvalue weighted by molar-refractivity contribution is -0.0663. The molecule has 0 heterocycles. The Morgan fingerprint density at radius 3 is 2.17 bits per heavy atom. The first-order chi connectivity index (χ1) is 14.7. The number of aliphatic hydroxyl groups excluding tert-OH is 1. The molecule has 0 aliphatic carbocycles. The van der Waals surface area contributed by atoms with E-state index >= 15 is 0 Å². The Morgan fingerprint density at radius 2 is 1.50 bits per heavy atom. The summed E-state index contributed by atoms with van der Waals surface area (Å²) in [6.45, 7) is 4.22. The van der Waals surface area contributed by atoms with Crippen LogP contribution in [0.2, 0.25) is 0 Å². The molecule has 0 fully saturated rings. The molecule has 1 N–H and O–H groups in total. The van der Waals surface area contributed by atoms with Gasteiger partial charge in [0.2, 0.25) is 0 Å². The van der Waals surface area contributed by atoms with Gasteiger partial charge in [-0.1, -0.05) is 49.0 Å². The van der Waals surface area contributed by atoms with Crippen LogP contribution in [-0.4, -0.2) is 30.6 Å². The number of esters is 1. The van der Waals surface area contributed by atoms with Crippen molar-refractivity contribution in [2.45, 2.75) is 12.7 Å². The molecule has 0 bridgehead atoms. The summed E-state index contributed by atoms with van der Waals surface area (Å²) in [6, 6.07) is 24.2. The molecule has 0 aliphatic rings. The number of rotatable bonds is 10. The van der Waals surface area contributed by atoms with Crippen molar-refractivity contribution in [3.63, 3.8) is 0 Å². The Kier molecular flexibility index (Phi) is 7.78. The number of carbonyl (C=O) groups is 1. The van der Waals surface area contributed by atoms with E-state index in [2.05, 4.69) is 6.58 Å². The van der Waals surface area contributed by atoms with Crippen molar-refractivity contribution in [3.8, 4) is 22.6 Å². The van der Waals surface area contributed by atoms with Gasteiger partial charge in [0, 0.05) is 6.42 Å². The van der Waals surface area contributed by atoms with Crippen LogP contribution >= 0.6 is 0 Å². The Balaban J connectivity index is 1.48. The minimum Gasteiger partial charge on any atom is -0.494 e. The van der Waals surface area contributed by atoms with Gasteiger partial charge in [-0.3, -0.25) is 0 Å². The normalized spacial score (nSPS) is 11.5. The minimum atomic E-state index is -0.954. The smallest absolute Gasteiger partial charge is 0.343 e. The van der Waals surface area contributed by atoms with Crippen LogP contribution in [0, 0.1) is 0 Å². The lowest BCUT2D eigenvalue weighted by Crippen LogP contribution is -2.11. The highest BCUT2D eigenvalue weighted by molar-refractivity contribution is 5.91. The maximum atomic E-state index is 12.4. The minimum absolute atomic E-state index is 0.362. The van der Waals surface area contributed by atoms with Crippen LogP contribution in [0.4, 0.5) is 0 Å². The van der Waals surface area contributed by atoms with E-state index in [4.69, 9.17) is 14.2 Å². The number of ether oxygens (including phenoxy) is 3. The van der Waals surface area contributed by atoms with Gasteiger partial charge in [-0.05, 0) is 53.6 Å². The van der Waals surface area contributed by atoms with Gasteiger partial charge in [0.25, 0.3) is 0 Å². The van der Waals surface area contributed by atoms with E-state index in [-0.39, 0.29) is 0 Å². The largest absolute Gasteiger partial charge is 0.494 e. The van der Waals surface area contributed by atoms with Crippen LogP contribution in [0.5, 0.6) is 11.5 Å². The van der Waals surface area contributed by atoms with Crippen LogP contribution in [0.25, 0.3) is 11.1 Å². The zero-order valence-corrected chi connectivity index (χ0v) is 16.6. The second-order valence-electron chi connectivity index (χ2n) is 6.50. The van der Waals surface area contributed by atoms with E-state index in [0.717, 1.165) is 11.1 Å². The summed E-state index contributed by atoms with van der Waals surface area (Å²) in [6.07, 6.45) is 0.981. The van der Waals surface area contributed by atoms with Crippen LogP contribution in [0.3, 0.4) is 0 Å². The van der Waals surface area contributed by atoms with E-state index < -0.39 is 12.3 Å². The lowest BCUT2D eigenvalue weighted by Gasteiger charge is -2.09. The molecule has 5 nitrogen and oxygen atoms in total. The summed E-state index contributed by atoms with van der Waals surface area (Å²) in [5, 5.41) is 9.20. The molecule has 0 amide bonds. The number of hydrogen-bond acceptors (Lipinski definition) is 5. The van der Waals surface area contributed by atoms with E-state index in [1.807, 2.05) is 42.5 Å². The second kappa shape index (κ2) is 11.0. The summed E-state index contributed by atoms with van der Waals surface area (Å²) in [5.74, 6) is 0.700. The molecule has 3 rings (SSSR count). The molecule has 1 atom stereocenters. The maximum absolute atomic E-state index is 12.4. The Labute approximate surface area is 176 Å². The van der Waals surface area contributed by atoms with Gasteiger partial charge in [0.05, 0.1) is 18.8 Å². The number of hydrogen-bond donors (Lipinski definition) is 1. The first-order valence-electron chi connectivity index (χ1n) is 9.68. The quantitative estimate of drug-likeness (QED) is 0.172. The van der Waals surface area contributed by atoms with Gasteiger partial charge < -0.3 is 19.3 Å². The standard InChI is InChI=1S/C25H24O5/c1-2-24(26)29-18-6-17-28-22-13-11-21(12-14-22)25(27)30-23-15-9-20(10-16-23)19-7-4-3-5-8-19/h2-5,7-16,24,26H,1,6,17-18H2. The Bertz CT molecular complexity index is 934. The van der Waals surface area contributed by atoms with Crippen molar-refractivity contribution in [2.24, 2.45) is 0 Å².